The van der Waals surface area contributed by atoms with Gasteiger partial charge in [-0.1, -0.05) is 6.07 Å². The van der Waals surface area contributed by atoms with Crippen LogP contribution >= 0.6 is 0 Å². The molecule has 0 saturated heterocycles. The van der Waals surface area contributed by atoms with E-state index in [1.807, 2.05) is 19.1 Å². The Kier molecular flexibility index (Phi) is 4.42. The van der Waals surface area contributed by atoms with E-state index in [1.165, 1.54) is 7.11 Å². The predicted octanol–water partition coefficient (Wildman–Crippen LogP) is 3.42. The van der Waals surface area contributed by atoms with E-state index < -0.39 is 0 Å². The lowest BCUT2D eigenvalue weighted by molar-refractivity contribution is 0.0948. The van der Waals surface area contributed by atoms with Gasteiger partial charge in [0.2, 0.25) is 0 Å². The Bertz CT molecular complexity index is 883. The lowest BCUT2D eigenvalue weighted by Gasteiger charge is -2.11. The Labute approximate surface area is 140 Å². The first-order valence-corrected chi connectivity index (χ1v) is 7.69. The van der Waals surface area contributed by atoms with Crippen LogP contribution in [0.1, 0.15) is 21.6 Å². The summed E-state index contributed by atoms with van der Waals surface area (Å²) in [7, 11) is 3.11. The Hall–Kier alpha value is -2.95. The summed E-state index contributed by atoms with van der Waals surface area (Å²) in [5.41, 5.74) is 3.74. The van der Waals surface area contributed by atoms with Crippen LogP contribution < -0.4 is 14.8 Å². The summed E-state index contributed by atoms with van der Waals surface area (Å²) in [4.78, 5) is 15.7. The molecule has 3 aromatic rings. The van der Waals surface area contributed by atoms with E-state index in [1.54, 1.807) is 25.3 Å². The average Bonchev–Trinajstić information content (AvgIpc) is 2.98. The number of aryl methyl sites for hydroxylation is 1. The van der Waals surface area contributed by atoms with E-state index in [0.717, 1.165) is 22.2 Å². The third kappa shape index (κ3) is 3.20. The molecule has 5 nitrogen and oxygen atoms in total. The molecule has 124 valence electrons. The summed E-state index contributed by atoms with van der Waals surface area (Å²) in [6.45, 7) is 2.48. The fourth-order valence-electron chi connectivity index (χ4n) is 2.70. The number of carbonyl (C=O) groups excluding carboxylic acids is 1. The van der Waals surface area contributed by atoms with Crippen LogP contribution in [0.25, 0.3) is 10.9 Å². The molecule has 0 radical (unpaired) electrons. The van der Waals surface area contributed by atoms with Crippen molar-refractivity contribution in [3.8, 4) is 11.5 Å². The lowest BCUT2D eigenvalue weighted by Crippen LogP contribution is -2.23. The van der Waals surface area contributed by atoms with Crippen molar-refractivity contribution in [2.75, 3.05) is 14.2 Å². The van der Waals surface area contributed by atoms with Crippen molar-refractivity contribution in [2.24, 2.45) is 0 Å². The zero-order chi connectivity index (χ0) is 17.1. The molecule has 0 aliphatic heterocycles. The zero-order valence-electron chi connectivity index (χ0n) is 14.0. The third-order valence-electron chi connectivity index (χ3n) is 3.93. The molecular formula is C19H20N2O3. The number of amides is 1. The third-order valence-corrected chi connectivity index (χ3v) is 3.93. The highest BCUT2D eigenvalue weighted by Gasteiger charge is 2.13. The largest absolute Gasteiger partial charge is 0.497 e. The number of nitrogens with one attached hydrogen (secondary N) is 2. The number of carbonyl (C=O) groups is 1. The number of benzene rings is 2. The summed E-state index contributed by atoms with van der Waals surface area (Å²) in [5.74, 6) is 0.958. The van der Waals surface area contributed by atoms with E-state index in [0.29, 0.717) is 23.6 Å². The molecule has 1 heterocycles. The highest BCUT2D eigenvalue weighted by atomic mass is 16.5. The van der Waals surface area contributed by atoms with E-state index in [2.05, 4.69) is 22.4 Å². The number of fused-ring (bicyclic) bond motifs is 1. The molecule has 0 atom stereocenters. The molecule has 0 spiro atoms. The van der Waals surface area contributed by atoms with Gasteiger partial charge in [0.1, 0.15) is 11.5 Å². The first-order valence-electron chi connectivity index (χ1n) is 7.69. The van der Waals surface area contributed by atoms with Gasteiger partial charge in [0.05, 0.1) is 19.8 Å². The molecule has 24 heavy (non-hydrogen) atoms. The number of rotatable bonds is 5. The van der Waals surface area contributed by atoms with Crippen LogP contribution in [0, 0.1) is 6.92 Å². The van der Waals surface area contributed by atoms with Gasteiger partial charge in [0.15, 0.2) is 0 Å². The molecule has 2 aromatic carbocycles. The van der Waals surface area contributed by atoms with Crippen molar-refractivity contribution >= 4 is 16.8 Å². The van der Waals surface area contributed by atoms with Crippen LogP contribution in [0.15, 0.2) is 42.5 Å². The molecule has 0 fully saturated rings. The summed E-state index contributed by atoms with van der Waals surface area (Å²) in [6.07, 6.45) is 0. The van der Waals surface area contributed by atoms with Crippen molar-refractivity contribution in [3.05, 3.63) is 59.3 Å². The van der Waals surface area contributed by atoms with Crippen LogP contribution in [0.3, 0.4) is 0 Å². The Morgan fingerprint density at radius 2 is 1.92 bits per heavy atom. The fourth-order valence-corrected chi connectivity index (χ4v) is 2.70. The number of hydrogen-bond acceptors (Lipinski definition) is 3. The van der Waals surface area contributed by atoms with Gasteiger partial charge in [-0.05, 0) is 48.2 Å². The maximum absolute atomic E-state index is 12.4. The standard InChI is InChI=1S/C19H20N2O3/c1-12-8-14-9-13(4-7-17(14)21-12)11-20-19(22)16-6-5-15(23-2)10-18(16)24-3/h4-10,21H,11H2,1-3H3,(H,20,22). The molecule has 0 bridgehead atoms. The zero-order valence-corrected chi connectivity index (χ0v) is 14.0. The van der Waals surface area contributed by atoms with Crippen LogP contribution in [0.4, 0.5) is 0 Å². The highest BCUT2D eigenvalue weighted by Crippen LogP contribution is 2.24. The van der Waals surface area contributed by atoms with Crippen LogP contribution in [-0.2, 0) is 6.54 Å². The van der Waals surface area contributed by atoms with Crippen molar-refractivity contribution in [1.29, 1.82) is 0 Å². The normalized spacial score (nSPS) is 10.6. The Morgan fingerprint density at radius 3 is 2.67 bits per heavy atom. The summed E-state index contributed by atoms with van der Waals surface area (Å²) < 4.78 is 10.4. The van der Waals surface area contributed by atoms with Gasteiger partial charge in [-0.3, -0.25) is 4.79 Å². The van der Waals surface area contributed by atoms with Gasteiger partial charge in [0, 0.05) is 23.8 Å². The maximum atomic E-state index is 12.4. The minimum atomic E-state index is -0.181. The van der Waals surface area contributed by atoms with Gasteiger partial charge >= 0.3 is 0 Å². The van der Waals surface area contributed by atoms with Crippen LogP contribution in [-0.4, -0.2) is 25.1 Å². The average molecular weight is 324 g/mol. The van der Waals surface area contributed by atoms with Crippen molar-refractivity contribution in [1.82, 2.24) is 10.3 Å². The molecule has 3 rings (SSSR count). The number of aromatic nitrogens is 1. The highest BCUT2D eigenvalue weighted by molar-refractivity contribution is 5.97. The van der Waals surface area contributed by atoms with Gasteiger partial charge in [-0.15, -0.1) is 0 Å². The number of methoxy groups -OCH3 is 2. The molecule has 0 unspecified atom stereocenters. The smallest absolute Gasteiger partial charge is 0.255 e. The molecule has 1 amide bonds. The van der Waals surface area contributed by atoms with Crippen molar-refractivity contribution < 1.29 is 14.3 Å². The lowest BCUT2D eigenvalue weighted by atomic mass is 10.1. The first-order chi connectivity index (χ1) is 11.6. The summed E-state index contributed by atoms with van der Waals surface area (Å²) >= 11 is 0. The second-order valence-electron chi connectivity index (χ2n) is 5.62. The molecule has 2 N–H and O–H groups in total. The van der Waals surface area contributed by atoms with Crippen LogP contribution in [0.2, 0.25) is 0 Å². The SMILES string of the molecule is COc1ccc(C(=O)NCc2ccc3[nH]c(C)cc3c2)c(OC)c1. The molecule has 0 aliphatic rings. The molecule has 0 aliphatic carbocycles. The number of H-pyrrole nitrogens is 1. The minimum absolute atomic E-state index is 0.181. The maximum Gasteiger partial charge on any atom is 0.255 e. The van der Waals surface area contributed by atoms with Gasteiger partial charge in [0.25, 0.3) is 5.91 Å². The topological polar surface area (TPSA) is 63.3 Å². The fraction of sp³-hybridized carbons (Fsp3) is 0.211. The molecule has 0 saturated carbocycles. The predicted molar refractivity (Wildman–Crippen MR) is 93.8 cm³/mol. The van der Waals surface area contributed by atoms with E-state index in [-0.39, 0.29) is 5.91 Å². The monoisotopic (exact) mass is 324 g/mol. The van der Waals surface area contributed by atoms with Gasteiger partial charge in [-0.2, -0.15) is 0 Å². The summed E-state index contributed by atoms with van der Waals surface area (Å²) in [5, 5.41) is 4.07. The number of ether oxygens (including phenoxy) is 2. The van der Waals surface area contributed by atoms with E-state index >= 15 is 0 Å². The van der Waals surface area contributed by atoms with Crippen molar-refractivity contribution in [2.45, 2.75) is 13.5 Å². The second-order valence-corrected chi connectivity index (χ2v) is 5.62. The molecule has 5 heteroatoms. The Morgan fingerprint density at radius 1 is 1.08 bits per heavy atom. The van der Waals surface area contributed by atoms with E-state index in [4.69, 9.17) is 9.47 Å². The second kappa shape index (κ2) is 6.66. The van der Waals surface area contributed by atoms with Gasteiger partial charge in [-0.25, -0.2) is 0 Å². The van der Waals surface area contributed by atoms with Gasteiger partial charge < -0.3 is 19.8 Å². The van der Waals surface area contributed by atoms with Crippen LogP contribution in [0.5, 0.6) is 11.5 Å². The Balaban J connectivity index is 1.74. The number of hydrogen-bond donors (Lipinski definition) is 2. The first kappa shape index (κ1) is 15.9. The molecular weight excluding hydrogens is 304 g/mol. The molecule has 1 aromatic heterocycles. The van der Waals surface area contributed by atoms with E-state index in [9.17, 15) is 4.79 Å². The minimum Gasteiger partial charge on any atom is -0.497 e. The van der Waals surface area contributed by atoms with Crippen molar-refractivity contribution in [3.63, 3.8) is 0 Å². The quantitative estimate of drug-likeness (QED) is 0.756. The number of aromatic amines is 1. The summed E-state index contributed by atoms with van der Waals surface area (Å²) in [6, 6.07) is 13.3.